The van der Waals surface area contributed by atoms with E-state index >= 15 is 0 Å². The van der Waals surface area contributed by atoms with Crippen molar-refractivity contribution >= 4 is 40.1 Å². The summed E-state index contributed by atoms with van der Waals surface area (Å²) in [6, 6.07) is 17.0. The number of amides is 2. The van der Waals surface area contributed by atoms with Gasteiger partial charge in [-0.25, -0.2) is 4.99 Å². The van der Waals surface area contributed by atoms with E-state index in [0.29, 0.717) is 17.5 Å². The first-order valence-corrected chi connectivity index (χ1v) is 10.7. The highest BCUT2D eigenvalue weighted by molar-refractivity contribution is 8.15. The lowest BCUT2D eigenvalue weighted by atomic mass is 10.2. The Hall–Kier alpha value is -2.80. The number of thioether (sulfide) groups is 1. The van der Waals surface area contributed by atoms with Crippen molar-refractivity contribution in [1.29, 1.82) is 0 Å². The summed E-state index contributed by atoms with van der Waals surface area (Å²) in [7, 11) is 0. The standard InChI is InChI=1S/C22H23N3O3S/c1-2-28-18-12-8-16(9-13-18)23-20(26)14-19-21(27)25(17-10-11-17)22(29-19)24-15-6-4-3-5-7-15/h3-9,12-13,17,19H,2,10-11,14H2,1H3,(H,23,26)/t19-/m0/s1. The zero-order valence-corrected chi connectivity index (χ0v) is 17.0. The predicted molar refractivity (Wildman–Crippen MR) is 116 cm³/mol. The lowest BCUT2D eigenvalue weighted by molar-refractivity contribution is -0.128. The van der Waals surface area contributed by atoms with E-state index < -0.39 is 5.25 Å². The number of amidine groups is 1. The molecular weight excluding hydrogens is 386 g/mol. The number of hydrogen-bond donors (Lipinski definition) is 1. The van der Waals surface area contributed by atoms with E-state index in [-0.39, 0.29) is 24.3 Å². The fourth-order valence-corrected chi connectivity index (χ4v) is 4.37. The number of para-hydroxylation sites is 1. The van der Waals surface area contributed by atoms with Gasteiger partial charge in [-0.2, -0.15) is 0 Å². The largest absolute Gasteiger partial charge is 0.494 e. The molecule has 1 aliphatic carbocycles. The Bertz CT molecular complexity index is 911. The van der Waals surface area contributed by atoms with Crippen LogP contribution in [-0.4, -0.2) is 39.8 Å². The number of nitrogens with zero attached hydrogens (tertiary/aromatic N) is 2. The van der Waals surface area contributed by atoms with Crippen LogP contribution in [0.15, 0.2) is 59.6 Å². The van der Waals surface area contributed by atoms with E-state index in [1.54, 1.807) is 17.0 Å². The predicted octanol–water partition coefficient (Wildman–Crippen LogP) is 4.21. The topological polar surface area (TPSA) is 71.0 Å². The van der Waals surface area contributed by atoms with E-state index in [1.807, 2.05) is 49.4 Å². The van der Waals surface area contributed by atoms with Crippen LogP contribution in [0.1, 0.15) is 26.2 Å². The average molecular weight is 410 g/mol. The van der Waals surface area contributed by atoms with Crippen molar-refractivity contribution in [3.05, 3.63) is 54.6 Å². The van der Waals surface area contributed by atoms with Gasteiger partial charge in [0.25, 0.3) is 0 Å². The van der Waals surface area contributed by atoms with Gasteiger partial charge in [-0.05, 0) is 56.2 Å². The van der Waals surface area contributed by atoms with Crippen molar-refractivity contribution in [2.24, 2.45) is 4.99 Å². The first-order valence-electron chi connectivity index (χ1n) is 9.80. The number of rotatable bonds is 7. The van der Waals surface area contributed by atoms with Crippen molar-refractivity contribution in [3.63, 3.8) is 0 Å². The summed E-state index contributed by atoms with van der Waals surface area (Å²) in [4.78, 5) is 31.9. The number of nitrogens with one attached hydrogen (secondary N) is 1. The van der Waals surface area contributed by atoms with Crippen LogP contribution in [-0.2, 0) is 9.59 Å². The fourth-order valence-electron chi connectivity index (χ4n) is 3.16. The molecule has 1 N–H and O–H groups in total. The van der Waals surface area contributed by atoms with Crippen molar-refractivity contribution in [2.45, 2.75) is 37.5 Å². The molecule has 1 heterocycles. The molecule has 7 heteroatoms. The van der Waals surface area contributed by atoms with E-state index in [0.717, 1.165) is 24.3 Å². The molecule has 1 saturated heterocycles. The van der Waals surface area contributed by atoms with Crippen molar-refractivity contribution < 1.29 is 14.3 Å². The number of hydrogen-bond acceptors (Lipinski definition) is 5. The molecule has 2 aromatic carbocycles. The highest BCUT2D eigenvalue weighted by Gasteiger charge is 2.46. The third kappa shape index (κ3) is 4.79. The van der Waals surface area contributed by atoms with Gasteiger partial charge in [0.2, 0.25) is 11.8 Å². The minimum atomic E-state index is -0.444. The first-order chi connectivity index (χ1) is 14.1. The first kappa shape index (κ1) is 19.5. The maximum absolute atomic E-state index is 12.9. The van der Waals surface area contributed by atoms with Gasteiger partial charge in [-0.1, -0.05) is 30.0 Å². The molecule has 1 atom stereocenters. The molecule has 2 amide bonds. The molecule has 1 aliphatic heterocycles. The van der Waals surface area contributed by atoms with E-state index in [1.165, 1.54) is 11.8 Å². The second kappa shape index (κ2) is 8.69. The molecule has 0 spiro atoms. The monoisotopic (exact) mass is 409 g/mol. The van der Waals surface area contributed by atoms with E-state index in [9.17, 15) is 9.59 Å². The molecule has 0 aromatic heterocycles. The van der Waals surface area contributed by atoms with Crippen molar-refractivity contribution in [1.82, 2.24) is 4.90 Å². The van der Waals surface area contributed by atoms with Crippen molar-refractivity contribution in [3.8, 4) is 5.75 Å². The molecule has 0 unspecified atom stereocenters. The van der Waals surface area contributed by atoms with Crippen molar-refractivity contribution in [2.75, 3.05) is 11.9 Å². The molecule has 29 heavy (non-hydrogen) atoms. The Morgan fingerprint density at radius 2 is 1.90 bits per heavy atom. The van der Waals surface area contributed by atoms with Gasteiger partial charge in [-0.15, -0.1) is 0 Å². The average Bonchev–Trinajstić information content (AvgIpc) is 3.50. The fraction of sp³-hybridized carbons (Fsp3) is 0.318. The molecule has 2 aliphatic rings. The van der Waals surface area contributed by atoms with Gasteiger partial charge >= 0.3 is 0 Å². The SMILES string of the molecule is CCOc1ccc(NC(=O)C[C@@H]2SC(=Nc3ccccc3)N(C3CC3)C2=O)cc1. The quantitative estimate of drug-likeness (QED) is 0.744. The Morgan fingerprint density at radius 1 is 1.17 bits per heavy atom. The normalized spacial score (nSPS) is 20.2. The smallest absolute Gasteiger partial charge is 0.242 e. The van der Waals surface area contributed by atoms with Gasteiger partial charge in [0, 0.05) is 18.2 Å². The molecule has 6 nitrogen and oxygen atoms in total. The van der Waals surface area contributed by atoms with Gasteiger partial charge < -0.3 is 10.1 Å². The number of carbonyl (C=O) groups is 2. The van der Waals surface area contributed by atoms with E-state index in [4.69, 9.17) is 4.74 Å². The van der Waals surface area contributed by atoms with Crippen LogP contribution < -0.4 is 10.1 Å². The molecule has 0 radical (unpaired) electrons. The molecule has 2 fully saturated rings. The van der Waals surface area contributed by atoms with Gasteiger partial charge in [0.05, 0.1) is 12.3 Å². The number of anilines is 1. The molecule has 0 bridgehead atoms. The Labute approximate surface area is 174 Å². The summed E-state index contributed by atoms with van der Waals surface area (Å²) in [6.07, 6.45) is 2.10. The lowest BCUT2D eigenvalue weighted by Gasteiger charge is -2.15. The number of carbonyl (C=O) groups excluding carboxylic acids is 2. The maximum Gasteiger partial charge on any atom is 0.242 e. The van der Waals surface area contributed by atoms with Gasteiger partial charge in [0.15, 0.2) is 5.17 Å². The van der Waals surface area contributed by atoms with Gasteiger partial charge in [-0.3, -0.25) is 14.5 Å². The highest BCUT2D eigenvalue weighted by Crippen LogP contribution is 2.39. The van der Waals surface area contributed by atoms with Gasteiger partial charge in [0.1, 0.15) is 11.0 Å². The van der Waals surface area contributed by atoms with E-state index in [2.05, 4.69) is 10.3 Å². The maximum atomic E-state index is 12.9. The minimum Gasteiger partial charge on any atom is -0.494 e. The Kier molecular flexibility index (Phi) is 5.85. The molecule has 2 aromatic rings. The summed E-state index contributed by atoms with van der Waals surface area (Å²) in [6.45, 7) is 2.52. The lowest BCUT2D eigenvalue weighted by Crippen LogP contribution is -2.35. The molecule has 1 saturated carbocycles. The van der Waals surface area contributed by atoms with Crippen LogP contribution in [0.2, 0.25) is 0 Å². The number of ether oxygens (including phenoxy) is 1. The summed E-state index contributed by atoms with van der Waals surface area (Å²) in [5.74, 6) is 0.555. The van der Waals surface area contributed by atoms with Crippen LogP contribution in [0.3, 0.4) is 0 Å². The minimum absolute atomic E-state index is 0.0194. The van der Waals surface area contributed by atoms with Crippen LogP contribution in [0.4, 0.5) is 11.4 Å². The molecule has 150 valence electrons. The number of aliphatic imine (C=N–C) groups is 1. The summed E-state index contributed by atoms with van der Waals surface area (Å²) in [5, 5.41) is 3.12. The van der Waals surface area contributed by atoms with Crippen LogP contribution in [0.25, 0.3) is 0 Å². The molecule has 4 rings (SSSR count). The Balaban J connectivity index is 1.42. The summed E-state index contributed by atoms with van der Waals surface area (Å²) < 4.78 is 5.41. The zero-order valence-electron chi connectivity index (χ0n) is 16.2. The summed E-state index contributed by atoms with van der Waals surface area (Å²) >= 11 is 1.38. The summed E-state index contributed by atoms with van der Waals surface area (Å²) in [5.41, 5.74) is 1.50. The third-order valence-corrected chi connectivity index (χ3v) is 5.83. The number of benzene rings is 2. The van der Waals surface area contributed by atoms with Crippen LogP contribution in [0, 0.1) is 0 Å². The molecular formula is C22H23N3O3S. The second-order valence-electron chi connectivity index (χ2n) is 6.99. The zero-order chi connectivity index (χ0) is 20.2. The second-order valence-corrected chi connectivity index (χ2v) is 8.16. The third-order valence-electron chi connectivity index (χ3n) is 4.68. The van der Waals surface area contributed by atoms with Crippen LogP contribution in [0.5, 0.6) is 5.75 Å². The Morgan fingerprint density at radius 3 is 2.55 bits per heavy atom. The highest BCUT2D eigenvalue weighted by atomic mass is 32.2. The van der Waals surface area contributed by atoms with Crippen LogP contribution >= 0.6 is 11.8 Å².